The van der Waals surface area contributed by atoms with Crippen LogP contribution < -0.4 is 4.74 Å². The average Bonchev–Trinajstić information content (AvgIpc) is 2.45. The summed E-state index contributed by atoms with van der Waals surface area (Å²) in [5.74, 6) is 0.0878. The second-order valence-electron chi connectivity index (χ2n) is 5.16. The zero-order valence-electron chi connectivity index (χ0n) is 12.4. The van der Waals surface area contributed by atoms with Crippen molar-refractivity contribution in [2.75, 3.05) is 6.61 Å². The highest BCUT2D eigenvalue weighted by molar-refractivity contribution is 5.67. The van der Waals surface area contributed by atoms with Crippen LogP contribution in [0.4, 0.5) is 0 Å². The van der Waals surface area contributed by atoms with Crippen LogP contribution in [0.25, 0.3) is 0 Å². The number of aryl methyl sites for hydroxylation is 1. The summed E-state index contributed by atoms with van der Waals surface area (Å²) in [6, 6.07) is 7.75. The molecular weight excluding hydrogens is 252 g/mol. The van der Waals surface area contributed by atoms with E-state index in [2.05, 4.69) is 6.92 Å². The number of unbranched alkanes of at least 4 members (excludes halogenated alkanes) is 5. The summed E-state index contributed by atoms with van der Waals surface area (Å²) in [6.45, 7) is 2.97. The van der Waals surface area contributed by atoms with Gasteiger partial charge in [0.1, 0.15) is 5.75 Å². The van der Waals surface area contributed by atoms with Gasteiger partial charge in [0.05, 0.1) is 6.61 Å². The quantitative estimate of drug-likeness (QED) is 0.608. The molecule has 1 N–H and O–H groups in total. The average molecular weight is 278 g/mol. The zero-order valence-corrected chi connectivity index (χ0v) is 12.4. The Bertz CT molecular complexity index is 388. The van der Waals surface area contributed by atoms with E-state index in [1.54, 1.807) is 0 Å². The lowest BCUT2D eigenvalue weighted by atomic mass is 10.1. The lowest BCUT2D eigenvalue weighted by Gasteiger charge is -2.07. The van der Waals surface area contributed by atoms with Crippen LogP contribution in [0.5, 0.6) is 5.75 Å². The van der Waals surface area contributed by atoms with Crippen LogP contribution in [-0.4, -0.2) is 17.7 Å². The molecule has 1 aromatic rings. The Hall–Kier alpha value is -1.51. The molecule has 1 rings (SSSR count). The van der Waals surface area contributed by atoms with Crippen molar-refractivity contribution in [2.45, 2.75) is 58.3 Å². The van der Waals surface area contributed by atoms with E-state index >= 15 is 0 Å². The second kappa shape index (κ2) is 10.3. The van der Waals surface area contributed by atoms with Crippen LogP contribution in [-0.2, 0) is 11.2 Å². The molecule has 3 nitrogen and oxygen atoms in total. The summed E-state index contributed by atoms with van der Waals surface area (Å²) >= 11 is 0. The van der Waals surface area contributed by atoms with Crippen molar-refractivity contribution in [1.29, 1.82) is 0 Å². The van der Waals surface area contributed by atoms with Gasteiger partial charge in [-0.3, -0.25) is 4.79 Å². The third kappa shape index (κ3) is 7.82. The minimum Gasteiger partial charge on any atom is -0.494 e. The Balaban J connectivity index is 2.19. The smallest absolute Gasteiger partial charge is 0.303 e. The first-order valence-corrected chi connectivity index (χ1v) is 7.66. The molecule has 3 heteroatoms. The molecule has 112 valence electrons. The molecule has 0 aliphatic heterocycles. The molecule has 0 fully saturated rings. The number of hydrogen-bond acceptors (Lipinski definition) is 2. The fourth-order valence-corrected chi connectivity index (χ4v) is 2.11. The van der Waals surface area contributed by atoms with E-state index in [1.807, 2.05) is 24.3 Å². The van der Waals surface area contributed by atoms with Gasteiger partial charge in [-0.15, -0.1) is 0 Å². The van der Waals surface area contributed by atoms with E-state index in [1.165, 1.54) is 32.1 Å². The topological polar surface area (TPSA) is 46.5 Å². The summed E-state index contributed by atoms with van der Waals surface area (Å²) in [4.78, 5) is 10.5. The number of ether oxygens (including phenoxy) is 1. The first-order chi connectivity index (χ1) is 9.72. The van der Waals surface area contributed by atoms with Gasteiger partial charge in [-0.05, 0) is 30.5 Å². The maximum atomic E-state index is 10.5. The lowest BCUT2D eigenvalue weighted by Crippen LogP contribution is -2.00. The first-order valence-electron chi connectivity index (χ1n) is 7.66. The van der Waals surface area contributed by atoms with Crippen LogP contribution in [0.1, 0.15) is 57.4 Å². The Kier molecular flexibility index (Phi) is 8.52. The van der Waals surface area contributed by atoms with E-state index in [-0.39, 0.29) is 6.42 Å². The number of benzene rings is 1. The van der Waals surface area contributed by atoms with Crippen LogP contribution in [0, 0.1) is 0 Å². The van der Waals surface area contributed by atoms with Gasteiger partial charge in [-0.25, -0.2) is 0 Å². The van der Waals surface area contributed by atoms with E-state index in [0.717, 1.165) is 24.3 Å². The first kappa shape index (κ1) is 16.5. The molecule has 20 heavy (non-hydrogen) atoms. The van der Waals surface area contributed by atoms with E-state index < -0.39 is 5.97 Å². The van der Waals surface area contributed by atoms with Gasteiger partial charge in [-0.2, -0.15) is 0 Å². The molecular formula is C17H26O3. The van der Waals surface area contributed by atoms with Crippen molar-refractivity contribution in [3.8, 4) is 5.75 Å². The highest BCUT2D eigenvalue weighted by Gasteiger charge is 2.01. The highest BCUT2D eigenvalue weighted by atomic mass is 16.5. The largest absolute Gasteiger partial charge is 0.494 e. The molecule has 0 aliphatic rings. The van der Waals surface area contributed by atoms with E-state index in [9.17, 15) is 4.79 Å². The lowest BCUT2D eigenvalue weighted by molar-refractivity contribution is -0.136. The predicted molar refractivity (Wildman–Crippen MR) is 81.3 cm³/mol. The van der Waals surface area contributed by atoms with Crippen molar-refractivity contribution >= 4 is 5.97 Å². The number of aliphatic carboxylic acids is 1. The summed E-state index contributed by atoms with van der Waals surface area (Å²) in [6.07, 6.45) is 8.25. The molecule has 0 aliphatic carbocycles. The zero-order chi connectivity index (χ0) is 14.6. The van der Waals surface area contributed by atoms with Crippen molar-refractivity contribution in [3.05, 3.63) is 29.8 Å². The van der Waals surface area contributed by atoms with Gasteiger partial charge in [0.15, 0.2) is 0 Å². The molecule has 0 atom stereocenters. The third-order valence-corrected chi connectivity index (χ3v) is 3.29. The van der Waals surface area contributed by atoms with Crippen molar-refractivity contribution in [2.24, 2.45) is 0 Å². The Labute approximate surface area is 122 Å². The molecule has 0 radical (unpaired) electrons. The standard InChI is InChI=1S/C17H26O3/c1-2-3-4-5-6-7-13-20-16-10-8-9-15(14-16)11-12-17(18)19/h8-10,14H,2-7,11-13H2,1H3,(H,18,19). The van der Waals surface area contributed by atoms with E-state index in [4.69, 9.17) is 9.84 Å². The van der Waals surface area contributed by atoms with Crippen molar-refractivity contribution < 1.29 is 14.6 Å². The van der Waals surface area contributed by atoms with Crippen LogP contribution >= 0.6 is 0 Å². The predicted octanol–water partition coefficient (Wildman–Crippen LogP) is 4.44. The van der Waals surface area contributed by atoms with Gasteiger partial charge in [0.25, 0.3) is 0 Å². The number of carboxylic acid groups (broad SMARTS) is 1. The number of carboxylic acids is 1. The molecule has 0 aromatic heterocycles. The minimum atomic E-state index is -0.761. The third-order valence-electron chi connectivity index (χ3n) is 3.29. The van der Waals surface area contributed by atoms with Crippen LogP contribution in [0.2, 0.25) is 0 Å². The summed E-state index contributed by atoms with van der Waals surface area (Å²) in [7, 11) is 0. The van der Waals surface area contributed by atoms with Gasteiger partial charge < -0.3 is 9.84 Å². The Morgan fingerprint density at radius 1 is 1.15 bits per heavy atom. The summed E-state index contributed by atoms with van der Waals surface area (Å²) < 4.78 is 5.71. The molecule has 0 unspecified atom stereocenters. The molecule has 0 amide bonds. The fraction of sp³-hybridized carbons (Fsp3) is 0.588. The number of hydrogen-bond donors (Lipinski definition) is 1. The van der Waals surface area contributed by atoms with Crippen molar-refractivity contribution in [3.63, 3.8) is 0 Å². The molecule has 1 aromatic carbocycles. The minimum absolute atomic E-state index is 0.168. The number of rotatable bonds is 11. The van der Waals surface area contributed by atoms with Crippen LogP contribution in [0.3, 0.4) is 0 Å². The van der Waals surface area contributed by atoms with Gasteiger partial charge in [0, 0.05) is 6.42 Å². The molecule has 0 spiro atoms. The Morgan fingerprint density at radius 3 is 2.65 bits per heavy atom. The van der Waals surface area contributed by atoms with Gasteiger partial charge in [-0.1, -0.05) is 51.2 Å². The second-order valence-corrected chi connectivity index (χ2v) is 5.16. The highest BCUT2D eigenvalue weighted by Crippen LogP contribution is 2.15. The molecule has 0 heterocycles. The number of carbonyl (C=O) groups is 1. The maximum absolute atomic E-state index is 10.5. The Morgan fingerprint density at radius 2 is 1.90 bits per heavy atom. The SMILES string of the molecule is CCCCCCCCOc1cccc(CCC(=O)O)c1. The maximum Gasteiger partial charge on any atom is 0.303 e. The normalized spacial score (nSPS) is 10.4. The van der Waals surface area contributed by atoms with E-state index in [0.29, 0.717) is 6.42 Å². The van der Waals surface area contributed by atoms with Gasteiger partial charge >= 0.3 is 5.97 Å². The monoisotopic (exact) mass is 278 g/mol. The molecule has 0 saturated heterocycles. The molecule has 0 saturated carbocycles. The summed E-state index contributed by atoms with van der Waals surface area (Å²) in [5.41, 5.74) is 1.02. The van der Waals surface area contributed by atoms with Gasteiger partial charge in [0.2, 0.25) is 0 Å². The fourth-order valence-electron chi connectivity index (χ4n) is 2.11. The summed E-state index contributed by atoms with van der Waals surface area (Å²) in [5, 5.41) is 8.67. The van der Waals surface area contributed by atoms with Crippen molar-refractivity contribution in [1.82, 2.24) is 0 Å². The molecule has 0 bridgehead atoms. The van der Waals surface area contributed by atoms with Crippen LogP contribution in [0.15, 0.2) is 24.3 Å².